The maximum atomic E-state index is 5.85. The van der Waals surface area contributed by atoms with E-state index in [1.54, 1.807) is 0 Å². The third-order valence-corrected chi connectivity index (χ3v) is 3.74. The van der Waals surface area contributed by atoms with Crippen molar-refractivity contribution in [3.05, 3.63) is 29.3 Å². The van der Waals surface area contributed by atoms with E-state index in [9.17, 15) is 0 Å². The van der Waals surface area contributed by atoms with Gasteiger partial charge in [-0.2, -0.15) is 0 Å². The standard InChI is InChI=1S/C16H26N2O/c1-4-18(15-11-17-12-15)6-5-7-19-16-9-13(2)8-14(3)10-16/h8-10,15,17H,4-7,11-12H2,1-3H3. The first-order valence-corrected chi connectivity index (χ1v) is 7.35. The SMILES string of the molecule is CCN(CCCOc1cc(C)cc(C)c1)C1CNC1. The molecule has 1 saturated heterocycles. The summed E-state index contributed by atoms with van der Waals surface area (Å²) < 4.78 is 5.85. The van der Waals surface area contributed by atoms with E-state index < -0.39 is 0 Å². The maximum absolute atomic E-state index is 5.85. The van der Waals surface area contributed by atoms with Gasteiger partial charge in [0.1, 0.15) is 5.75 Å². The Hall–Kier alpha value is -1.06. The molecule has 0 bridgehead atoms. The van der Waals surface area contributed by atoms with Gasteiger partial charge in [-0.1, -0.05) is 13.0 Å². The molecule has 1 aromatic carbocycles. The molecular weight excluding hydrogens is 236 g/mol. The van der Waals surface area contributed by atoms with Crippen molar-refractivity contribution in [1.82, 2.24) is 10.2 Å². The van der Waals surface area contributed by atoms with Crippen LogP contribution in [0.2, 0.25) is 0 Å². The van der Waals surface area contributed by atoms with Crippen molar-refractivity contribution in [2.75, 3.05) is 32.8 Å². The molecule has 19 heavy (non-hydrogen) atoms. The molecule has 106 valence electrons. The van der Waals surface area contributed by atoms with Crippen LogP contribution in [-0.4, -0.2) is 43.7 Å². The van der Waals surface area contributed by atoms with Crippen LogP contribution in [0.15, 0.2) is 18.2 Å². The van der Waals surface area contributed by atoms with Gasteiger partial charge < -0.3 is 10.1 Å². The molecule has 0 aromatic heterocycles. The van der Waals surface area contributed by atoms with E-state index in [2.05, 4.69) is 49.2 Å². The Labute approximate surface area is 116 Å². The van der Waals surface area contributed by atoms with Crippen LogP contribution in [0.1, 0.15) is 24.5 Å². The van der Waals surface area contributed by atoms with E-state index >= 15 is 0 Å². The number of ether oxygens (including phenoxy) is 1. The molecule has 1 heterocycles. The van der Waals surface area contributed by atoms with Gasteiger partial charge in [-0.25, -0.2) is 0 Å². The second-order valence-electron chi connectivity index (χ2n) is 5.47. The second-order valence-corrected chi connectivity index (χ2v) is 5.47. The third kappa shape index (κ3) is 4.22. The van der Waals surface area contributed by atoms with Gasteiger partial charge in [-0.15, -0.1) is 0 Å². The molecule has 1 aliphatic heterocycles. The van der Waals surface area contributed by atoms with Crippen LogP contribution in [0.4, 0.5) is 0 Å². The Morgan fingerprint density at radius 3 is 2.42 bits per heavy atom. The summed E-state index contributed by atoms with van der Waals surface area (Å²) in [6.45, 7) is 11.8. The maximum Gasteiger partial charge on any atom is 0.119 e. The molecule has 0 spiro atoms. The number of nitrogens with one attached hydrogen (secondary N) is 1. The number of hydrogen-bond acceptors (Lipinski definition) is 3. The zero-order valence-corrected chi connectivity index (χ0v) is 12.4. The van der Waals surface area contributed by atoms with Crippen molar-refractivity contribution in [2.45, 2.75) is 33.2 Å². The van der Waals surface area contributed by atoms with E-state index in [4.69, 9.17) is 4.74 Å². The second kappa shape index (κ2) is 6.92. The molecule has 0 aliphatic carbocycles. The fourth-order valence-corrected chi connectivity index (χ4v) is 2.60. The summed E-state index contributed by atoms with van der Waals surface area (Å²) in [4.78, 5) is 2.54. The highest BCUT2D eigenvalue weighted by atomic mass is 16.5. The van der Waals surface area contributed by atoms with E-state index in [-0.39, 0.29) is 0 Å². The quantitative estimate of drug-likeness (QED) is 0.764. The summed E-state index contributed by atoms with van der Waals surface area (Å²) in [5.41, 5.74) is 2.54. The number of nitrogens with zero attached hydrogens (tertiary/aromatic N) is 1. The minimum Gasteiger partial charge on any atom is -0.494 e. The van der Waals surface area contributed by atoms with Crippen molar-refractivity contribution in [3.8, 4) is 5.75 Å². The molecule has 2 rings (SSSR count). The lowest BCUT2D eigenvalue weighted by Crippen LogP contribution is -2.57. The van der Waals surface area contributed by atoms with Gasteiger partial charge >= 0.3 is 0 Å². The Kier molecular flexibility index (Phi) is 5.23. The first-order valence-electron chi connectivity index (χ1n) is 7.35. The number of hydrogen-bond donors (Lipinski definition) is 1. The Morgan fingerprint density at radius 2 is 1.89 bits per heavy atom. The minimum atomic E-state index is 0.742. The fourth-order valence-electron chi connectivity index (χ4n) is 2.60. The van der Waals surface area contributed by atoms with Gasteiger partial charge in [-0.3, -0.25) is 4.90 Å². The van der Waals surface area contributed by atoms with Crippen LogP contribution in [0.25, 0.3) is 0 Å². The van der Waals surface area contributed by atoms with Crippen LogP contribution in [0, 0.1) is 13.8 Å². The van der Waals surface area contributed by atoms with Crippen molar-refractivity contribution in [2.24, 2.45) is 0 Å². The van der Waals surface area contributed by atoms with Crippen LogP contribution in [-0.2, 0) is 0 Å². The number of rotatable bonds is 7. The molecule has 0 radical (unpaired) electrons. The van der Waals surface area contributed by atoms with E-state index in [0.29, 0.717) is 0 Å². The molecule has 1 N–H and O–H groups in total. The molecule has 1 fully saturated rings. The first-order chi connectivity index (χ1) is 9.19. The molecular formula is C16H26N2O. The molecule has 0 saturated carbocycles. The zero-order chi connectivity index (χ0) is 13.7. The summed E-state index contributed by atoms with van der Waals surface area (Å²) in [7, 11) is 0. The highest BCUT2D eigenvalue weighted by Crippen LogP contribution is 2.16. The van der Waals surface area contributed by atoms with E-state index in [1.807, 2.05) is 0 Å². The predicted octanol–water partition coefficient (Wildman–Crippen LogP) is 2.37. The topological polar surface area (TPSA) is 24.5 Å². The van der Waals surface area contributed by atoms with Gasteiger partial charge in [0.05, 0.1) is 6.61 Å². The first kappa shape index (κ1) is 14.4. The van der Waals surface area contributed by atoms with Crippen molar-refractivity contribution in [1.29, 1.82) is 0 Å². The molecule has 3 heteroatoms. The Morgan fingerprint density at radius 1 is 1.21 bits per heavy atom. The zero-order valence-electron chi connectivity index (χ0n) is 12.4. The largest absolute Gasteiger partial charge is 0.494 e. The fraction of sp³-hybridized carbons (Fsp3) is 0.625. The lowest BCUT2D eigenvalue weighted by molar-refractivity contribution is 0.142. The average Bonchev–Trinajstić information content (AvgIpc) is 2.29. The smallest absolute Gasteiger partial charge is 0.119 e. The van der Waals surface area contributed by atoms with Crippen LogP contribution in [0.3, 0.4) is 0 Å². The summed E-state index contributed by atoms with van der Waals surface area (Å²) in [6.07, 6.45) is 1.09. The van der Waals surface area contributed by atoms with Crippen molar-refractivity contribution >= 4 is 0 Å². The van der Waals surface area contributed by atoms with Gasteiger partial charge in [0.2, 0.25) is 0 Å². The summed E-state index contributed by atoms with van der Waals surface area (Å²) >= 11 is 0. The van der Waals surface area contributed by atoms with Crippen molar-refractivity contribution in [3.63, 3.8) is 0 Å². The molecule has 0 amide bonds. The monoisotopic (exact) mass is 262 g/mol. The Balaban J connectivity index is 1.70. The molecule has 1 aliphatic rings. The molecule has 1 aromatic rings. The third-order valence-electron chi connectivity index (χ3n) is 3.74. The number of aryl methyl sites for hydroxylation is 2. The lowest BCUT2D eigenvalue weighted by Gasteiger charge is -2.37. The highest BCUT2D eigenvalue weighted by molar-refractivity contribution is 5.32. The normalized spacial score (nSPS) is 15.6. The van der Waals surface area contributed by atoms with Crippen LogP contribution >= 0.6 is 0 Å². The summed E-state index contributed by atoms with van der Waals surface area (Å²) in [5.74, 6) is 1.01. The van der Waals surface area contributed by atoms with E-state index in [1.165, 1.54) is 11.1 Å². The highest BCUT2D eigenvalue weighted by Gasteiger charge is 2.22. The predicted molar refractivity (Wildman–Crippen MR) is 79.9 cm³/mol. The Bertz CT molecular complexity index is 381. The van der Waals surface area contributed by atoms with Crippen molar-refractivity contribution < 1.29 is 4.74 Å². The van der Waals surface area contributed by atoms with Crippen LogP contribution < -0.4 is 10.1 Å². The average molecular weight is 262 g/mol. The van der Waals surface area contributed by atoms with Gasteiger partial charge in [-0.05, 0) is 50.1 Å². The molecule has 0 unspecified atom stereocenters. The van der Waals surface area contributed by atoms with E-state index in [0.717, 1.165) is 51.0 Å². The minimum absolute atomic E-state index is 0.742. The van der Waals surface area contributed by atoms with Gasteiger partial charge in [0.15, 0.2) is 0 Å². The summed E-state index contributed by atoms with van der Waals surface area (Å²) in [5, 5.41) is 3.33. The van der Waals surface area contributed by atoms with Crippen LogP contribution in [0.5, 0.6) is 5.75 Å². The summed E-state index contributed by atoms with van der Waals surface area (Å²) in [6, 6.07) is 7.14. The number of benzene rings is 1. The molecule has 3 nitrogen and oxygen atoms in total. The molecule has 0 atom stereocenters. The number of likely N-dealkylation sites (N-methyl/N-ethyl adjacent to an activating group) is 1. The lowest BCUT2D eigenvalue weighted by atomic mass is 10.1. The van der Waals surface area contributed by atoms with Gasteiger partial charge in [0.25, 0.3) is 0 Å². The van der Waals surface area contributed by atoms with Gasteiger partial charge in [0, 0.05) is 25.7 Å².